The van der Waals surface area contributed by atoms with Crippen molar-refractivity contribution in [3.8, 4) is 0 Å². The number of amides is 1. The Bertz CT molecular complexity index is 1880. The number of carbonyl (C=O) groups is 1. The van der Waals surface area contributed by atoms with Crippen LogP contribution in [-0.4, -0.2) is 58.0 Å². The molecule has 15 heteroatoms. The molecule has 0 radical (unpaired) electrons. The summed E-state index contributed by atoms with van der Waals surface area (Å²) < 4.78 is 42.8. The van der Waals surface area contributed by atoms with Crippen LogP contribution in [0.15, 0.2) is 35.3 Å². The van der Waals surface area contributed by atoms with Crippen molar-refractivity contribution < 1.29 is 17.6 Å². The number of sulfonamides is 1. The largest absolute Gasteiger partial charge is 0.377 e. The smallest absolute Gasteiger partial charge is 0.285 e. The van der Waals surface area contributed by atoms with E-state index in [1.54, 1.807) is 24.8 Å². The van der Waals surface area contributed by atoms with Gasteiger partial charge in [-0.25, -0.2) is 27.5 Å². The van der Waals surface area contributed by atoms with E-state index in [0.29, 0.717) is 54.0 Å². The topological polar surface area (TPSA) is 144 Å². The zero-order chi connectivity index (χ0) is 31.2. The number of pyridine rings is 1. The molecule has 1 atom stereocenters. The molecule has 43 heavy (non-hydrogen) atoms. The van der Waals surface area contributed by atoms with Gasteiger partial charge in [-0.1, -0.05) is 17.7 Å². The molecule has 4 aromatic rings. The fraction of sp³-hybridized carbons (Fsp3) is 0.393. The minimum Gasteiger partial charge on any atom is -0.377 e. The summed E-state index contributed by atoms with van der Waals surface area (Å²) in [5.74, 6) is -0.741. The predicted molar refractivity (Wildman–Crippen MR) is 163 cm³/mol. The highest BCUT2D eigenvalue weighted by atomic mass is 35.5. The third kappa shape index (κ3) is 6.20. The maximum atomic E-state index is 14.4. The van der Waals surface area contributed by atoms with Gasteiger partial charge in [0.05, 0.1) is 40.8 Å². The third-order valence-corrected chi connectivity index (χ3v) is 8.39. The Balaban J connectivity index is 1.49. The predicted octanol–water partition coefficient (Wildman–Crippen LogP) is 3.41. The minimum absolute atomic E-state index is 0.00532. The van der Waals surface area contributed by atoms with Crippen molar-refractivity contribution in [2.24, 2.45) is 14.1 Å². The molecule has 0 spiro atoms. The normalized spacial score (nSPS) is 15.1. The van der Waals surface area contributed by atoms with Crippen LogP contribution < -0.4 is 20.5 Å². The summed E-state index contributed by atoms with van der Waals surface area (Å²) >= 11 is 6.02. The van der Waals surface area contributed by atoms with Crippen LogP contribution in [0.1, 0.15) is 59.0 Å². The monoisotopic (exact) mass is 630 g/mol. The number of anilines is 2. The maximum Gasteiger partial charge on any atom is 0.285 e. The second-order valence-electron chi connectivity index (χ2n) is 10.9. The molecule has 0 saturated carbocycles. The summed E-state index contributed by atoms with van der Waals surface area (Å²) in [4.78, 5) is 37.4. The van der Waals surface area contributed by atoms with E-state index in [0.717, 1.165) is 11.8 Å². The average Bonchev–Trinajstić information content (AvgIpc) is 3.28. The Morgan fingerprint density at radius 1 is 1.16 bits per heavy atom. The lowest BCUT2D eigenvalue weighted by Crippen LogP contribution is -2.38. The number of piperidine rings is 1. The molecule has 1 amide bonds. The van der Waals surface area contributed by atoms with Crippen LogP contribution in [0.4, 0.5) is 16.0 Å². The molecular formula is C28H32ClFN8O4S. The zero-order valence-electron chi connectivity index (χ0n) is 24.4. The van der Waals surface area contributed by atoms with Gasteiger partial charge < -0.3 is 10.2 Å². The molecule has 1 aliphatic heterocycles. The van der Waals surface area contributed by atoms with E-state index >= 15 is 0 Å². The Kier molecular flexibility index (Phi) is 8.18. The molecule has 228 valence electrons. The molecule has 1 saturated heterocycles. The van der Waals surface area contributed by atoms with Gasteiger partial charge in [0, 0.05) is 38.7 Å². The zero-order valence-corrected chi connectivity index (χ0v) is 25.9. The number of aryl methyl sites for hydroxylation is 2. The van der Waals surface area contributed by atoms with Crippen molar-refractivity contribution in [2.45, 2.75) is 38.6 Å². The first-order valence-corrected chi connectivity index (χ1v) is 15.9. The molecule has 0 unspecified atom stereocenters. The van der Waals surface area contributed by atoms with Crippen LogP contribution in [0.3, 0.4) is 0 Å². The van der Waals surface area contributed by atoms with Gasteiger partial charge in [0.25, 0.3) is 11.5 Å². The molecule has 0 aliphatic carbocycles. The molecule has 1 fully saturated rings. The lowest BCUT2D eigenvalue weighted by molar-refractivity contribution is 0.0977. The van der Waals surface area contributed by atoms with Crippen molar-refractivity contribution in [3.63, 3.8) is 0 Å². The SMILES string of the molecule is Cc1cc([C@@H](C)Nc2ccc(Cl)nc2C(=O)NS(C)(=O)=O)c2nc(N3CCC(c4c(F)cnn4C)CC3)n(C)c(=O)c2c1. The van der Waals surface area contributed by atoms with Gasteiger partial charge in [0.2, 0.25) is 16.0 Å². The Labute approximate surface area is 252 Å². The molecule has 1 aliphatic rings. The fourth-order valence-electron chi connectivity index (χ4n) is 5.64. The van der Waals surface area contributed by atoms with E-state index in [1.807, 2.05) is 29.5 Å². The number of nitrogens with one attached hydrogen (secondary N) is 2. The van der Waals surface area contributed by atoms with Crippen LogP contribution in [0.2, 0.25) is 5.15 Å². The number of nitrogens with zero attached hydrogens (tertiary/aromatic N) is 6. The summed E-state index contributed by atoms with van der Waals surface area (Å²) in [5, 5.41) is 7.71. The standard InChI is InChI=1S/C28H32ClFN8O4S/c1-15-12-18(16(2)32-21-6-7-22(29)33-24(21)26(39)35-43(5,41)42)23-19(13-15)27(40)36(3)28(34-23)38-10-8-17(9-11-38)25-20(30)14-31-37(25)4/h6-7,12-14,16-17,32H,8-11H2,1-5H3,(H,35,39)/t16-/m1/s1. The number of halogens is 2. The number of hydrogen-bond donors (Lipinski definition) is 2. The molecule has 12 nitrogen and oxygen atoms in total. The number of carbonyl (C=O) groups excluding carboxylic acids is 1. The van der Waals surface area contributed by atoms with Crippen molar-refractivity contribution in [1.29, 1.82) is 0 Å². The summed E-state index contributed by atoms with van der Waals surface area (Å²) in [5.41, 5.74) is 2.46. The van der Waals surface area contributed by atoms with E-state index in [2.05, 4.69) is 15.4 Å². The molecule has 0 bridgehead atoms. The number of fused-ring (bicyclic) bond motifs is 1. The maximum absolute atomic E-state index is 14.4. The van der Waals surface area contributed by atoms with Gasteiger partial charge >= 0.3 is 0 Å². The number of benzene rings is 1. The Morgan fingerprint density at radius 3 is 2.49 bits per heavy atom. The highest BCUT2D eigenvalue weighted by Gasteiger charge is 2.28. The van der Waals surface area contributed by atoms with Crippen molar-refractivity contribution >= 4 is 50.1 Å². The molecule has 4 heterocycles. The van der Waals surface area contributed by atoms with E-state index in [-0.39, 0.29) is 33.8 Å². The first-order valence-electron chi connectivity index (χ1n) is 13.6. The van der Waals surface area contributed by atoms with Gasteiger partial charge in [0.1, 0.15) is 5.15 Å². The van der Waals surface area contributed by atoms with Gasteiger partial charge in [-0.05, 0) is 50.5 Å². The summed E-state index contributed by atoms with van der Waals surface area (Å²) in [7, 11) is -0.424. The van der Waals surface area contributed by atoms with Crippen LogP contribution >= 0.6 is 11.6 Å². The van der Waals surface area contributed by atoms with Gasteiger partial charge in [-0.2, -0.15) is 5.10 Å². The van der Waals surface area contributed by atoms with Crippen molar-refractivity contribution in [3.05, 3.63) is 74.3 Å². The van der Waals surface area contributed by atoms with Crippen molar-refractivity contribution in [2.75, 3.05) is 29.6 Å². The second-order valence-corrected chi connectivity index (χ2v) is 13.0. The van der Waals surface area contributed by atoms with E-state index in [1.165, 1.54) is 22.9 Å². The number of aromatic nitrogens is 5. The quantitative estimate of drug-likeness (QED) is 0.294. The fourth-order valence-corrected chi connectivity index (χ4v) is 6.22. The molecule has 1 aromatic carbocycles. The first kappa shape index (κ1) is 30.4. The lowest BCUT2D eigenvalue weighted by atomic mass is 9.93. The number of rotatable bonds is 7. The average molecular weight is 631 g/mol. The van der Waals surface area contributed by atoms with Crippen LogP contribution in [0.5, 0.6) is 0 Å². The lowest BCUT2D eigenvalue weighted by Gasteiger charge is -2.33. The molecular weight excluding hydrogens is 599 g/mol. The van der Waals surface area contributed by atoms with Gasteiger partial charge in [0.15, 0.2) is 11.5 Å². The summed E-state index contributed by atoms with van der Waals surface area (Å²) in [6.45, 7) is 4.87. The number of hydrogen-bond acceptors (Lipinski definition) is 9. The third-order valence-electron chi connectivity index (χ3n) is 7.63. The molecule has 5 rings (SSSR count). The van der Waals surface area contributed by atoms with E-state index in [9.17, 15) is 22.4 Å². The van der Waals surface area contributed by atoms with Crippen LogP contribution in [0, 0.1) is 12.7 Å². The van der Waals surface area contributed by atoms with E-state index in [4.69, 9.17) is 16.6 Å². The first-order chi connectivity index (χ1) is 20.2. The minimum atomic E-state index is -3.85. The second kappa shape index (κ2) is 11.6. The summed E-state index contributed by atoms with van der Waals surface area (Å²) in [6, 6.07) is 6.23. The van der Waals surface area contributed by atoms with Crippen molar-refractivity contribution in [1.82, 2.24) is 29.0 Å². The van der Waals surface area contributed by atoms with E-state index < -0.39 is 22.0 Å². The molecule has 2 N–H and O–H groups in total. The molecule has 3 aromatic heterocycles. The van der Waals surface area contributed by atoms with Crippen LogP contribution in [0.25, 0.3) is 10.9 Å². The Morgan fingerprint density at radius 2 is 1.86 bits per heavy atom. The highest BCUT2D eigenvalue weighted by Crippen LogP contribution is 2.33. The van der Waals surface area contributed by atoms with Gasteiger partial charge in [-0.3, -0.25) is 18.8 Å². The highest BCUT2D eigenvalue weighted by molar-refractivity contribution is 7.89. The summed E-state index contributed by atoms with van der Waals surface area (Å²) in [6.07, 6.45) is 3.44. The van der Waals surface area contributed by atoms with Gasteiger partial charge in [-0.15, -0.1) is 0 Å². The Hall–Kier alpha value is -4.04. The van der Waals surface area contributed by atoms with Crippen LogP contribution in [-0.2, 0) is 24.1 Å².